The second kappa shape index (κ2) is 8.68. The van der Waals surface area contributed by atoms with Gasteiger partial charge in [-0.05, 0) is 71.7 Å². The number of aromatic nitrogens is 6. The fourth-order valence-electron chi connectivity index (χ4n) is 2.82. The van der Waals surface area contributed by atoms with Crippen LogP contribution < -0.4 is 10.1 Å². The highest BCUT2D eigenvalue weighted by Gasteiger charge is 2.21. The molecule has 0 amide bonds. The molecule has 5 rings (SSSR count). The number of benzene rings is 1. The quantitative estimate of drug-likeness (QED) is 0.379. The predicted molar refractivity (Wildman–Crippen MR) is 115 cm³/mol. The van der Waals surface area contributed by atoms with Gasteiger partial charge in [-0.15, -0.1) is 16.9 Å². The number of rotatable bonds is 8. The van der Waals surface area contributed by atoms with Gasteiger partial charge in [0.15, 0.2) is 17.4 Å². The summed E-state index contributed by atoms with van der Waals surface area (Å²) >= 11 is 1.77. The Morgan fingerprint density at radius 2 is 1.97 bits per heavy atom. The lowest BCUT2D eigenvalue weighted by atomic mass is 10.2. The molecule has 0 atom stereocenters. The first-order valence-corrected chi connectivity index (χ1v) is 10.7. The normalized spacial score (nSPS) is 13.2. The lowest BCUT2D eigenvalue weighted by Crippen LogP contribution is -2.00. The minimum absolute atomic E-state index is 0.316. The van der Waals surface area contributed by atoms with Gasteiger partial charge in [0.05, 0.1) is 0 Å². The average molecular weight is 435 g/mol. The molecular weight excluding hydrogens is 417 g/mol. The van der Waals surface area contributed by atoms with Crippen LogP contribution in [0.4, 0.5) is 16.0 Å². The third-order valence-electron chi connectivity index (χ3n) is 4.68. The van der Waals surface area contributed by atoms with E-state index in [2.05, 4.69) is 35.9 Å². The van der Waals surface area contributed by atoms with E-state index in [1.54, 1.807) is 36.2 Å². The average Bonchev–Trinajstić information content (AvgIpc) is 3.46. The van der Waals surface area contributed by atoms with Gasteiger partial charge in [0.25, 0.3) is 0 Å². The molecule has 3 aromatic heterocycles. The summed E-state index contributed by atoms with van der Waals surface area (Å²) in [6.07, 6.45) is 6.07. The maximum absolute atomic E-state index is 13.3. The summed E-state index contributed by atoms with van der Waals surface area (Å²) in [5, 5.41) is 16.9. The van der Waals surface area contributed by atoms with Crippen molar-refractivity contribution in [3.8, 4) is 22.9 Å². The minimum atomic E-state index is -0.316. The smallest absolute Gasteiger partial charge is 0.180 e. The van der Waals surface area contributed by atoms with Crippen molar-refractivity contribution in [2.75, 3.05) is 11.1 Å². The van der Waals surface area contributed by atoms with Crippen molar-refractivity contribution in [2.45, 2.75) is 17.7 Å². The summed E-state index contributed by atoms with van der Waals surface area (Å²) in [6, 6.07) is 11.5. The number of hydrogen-bond donors (Lipinski definition) is 2. The number of hydrogen-bond acceptors (Lipinski definition) is 8. The fraction of sp³-hybridized carbons (Fsp3) is 0.190. The number of thioether (sulfide) groups is 1. The summed E-state index contributed by atoms with van der Waals surface area (Å²) in [6.45, 7) is 0. The van der Waals surface area contributed by atoms with E-state index in [1.807, 2.05) is 18.3 Å². The maximum atomic E-state index is 13.3. The van der Waals surface area contributed by atoms with Crippen molar-refractivity contribution in [2.24, 2.45) is 5.92 Å². The lowest BCUT2D eigenvalue weighted by Gasteiger charge is -2.13. The molecule has 156 valence electrons. The molecule has 0 spiro atoms. The van der Waals surface area contributed by atoms with Crippen molar-refractivity contribution in [3.05, 3.63) is 60.7 Å². The van der Waals surface area contributed by atoms with Crippen LogP contribution in [0.25, 0.3) is 11.4 Å². The number of ether oxygens (including phenoxy) is 1. The van der Waals surface area contributed by atoms with Crippen molar-refractivity contribution < 1.29 is 9.13 Å². The Hall–Kier alpha value is -3.53. The van der Waals surface area contributed by atoms with Crippen LogP contribution in [0.15, 0.2) is 59.8 Å². The minimum Gasteiger partial charge on any atom is -0.453 e. The number of aromatic amines is 1. The van der Waals surface area contributed by atoms with Crippen LogP contribution in [0.2, 0.25) is 0 Å². The molecule has 1 aliphatic rings. The van der Waals surface area contributed by atoms with Gasteiger partial charge in [0.1, 0.15) is 17.4 Å². The predicted octanol–water partition coefficient (Wildman–Crippen LogP) is 4.83. The van der Waals surface area contributed by atoms with E-state index < -0.39 is 0 Å². The van der Waals surface area contributed by atoms with E-state index in [1.165, 1.54) is 25.0 Å². The first kappa shape index (κ1) is 19.4. The first-order valence-electron chi connectivity index (χ1n) is 9.76. The molecule has 8 nitrogen and oxygen atoms in total. The summed E-state index contributed by atoms with van der Waals surface area (Å²) < 4.78 is 19.3. The fourth-order valence-corrected chi connectivity index (χ4v) is 3.90. The van der Waals surface area contributed by atoms with E-state index >= 15 is 0 Å². The van der Waals surface area contributed by atoms with Crippen LogP contribution in [0, 0.1) is 11.7 Å². The molecule has 10 heteroatoms. The highest BCUT2D eigenvalue weighted by Crippen LogP contribution is 2.38. The third kappa shape index (κ3) is 4.97. The van der Waals surface area contributed by atoms with Crippen LogP contribution in [-0.4, -0.2) is 36.3 Å². The molecule has 0 bridgehead atoms. The second-order valence-corrected chi connectivity index (χ2v) is 8.23. The molecule has 31 heavy (non-hydrogen) atoms. The molecule has 1 aromatic carbocycles. The summed E-state index contributed by atoms with van der Waals surface area (Å²) in [4.78, 5) is 9.98. The van der Waals surface area contributed by atoms with Crippen LogP contribution in [0.5, 0.6) is 11.5 Å². The number of nitrogens with zero attached hydrogens (tertiary/aromatic N) is 5. The molecular formula is C21H18FN7OS. The van der Waals surface area contributed by atoms with Gasteiger partial charge in [0, 0.05) is 28.6 Å². The number of nitrogens with one attached hydrogen (secondary N) is 2. The molecule has 1 fully saturated rings. The van der Waals surface area contributed by atoms with Gasteiger partial charge in [-0.2, -0.15) is 0 Å². The number of pyridine rings is 2. The van der Waals surface area contributed by atoms with Gasteiger partial charge >= 0.3 is 0 Å². The summed E-state index contributed by atoms with van der Waals surface area (Å²) in [5.74, 6) is 4.26. The van der Waals surface area contributed by atoms with Gasteiger partial charge in [0.2, 0.25) is 0 Å². The Bertz CT molecular complexity index is 1150. The van der Waals surface area contributed by atoms with E-state index in [0.717, 1.165) is 22.1 Å². The van der Waals surface area contributed by atoms with E-state index in [4.69, 9.17) is 4.74 Å². The monoisotopic (exact) mass is 435 g/mol. The van der Waals surface area contributed by atoms with Gasteiger partial charge < -0.3 is 10.1 Å². The Morgan fingerprint density at radius 1 is 1.10 bits per heavy atom. The molecule has 3 heterocycles. The SMILES string of the molecule is Fc1ccc(Oc2cc(SCC3CC3)cnc2Nc2ccc(-c3nnn[nH]3)cn2)cc1. The molecule has 1 aliphatic carbocycles. The number of H-pyrrole nitrogens is 1. The molecule has 0 aliphatic heterocycles. The van der Waals surface area contributed by atoms with Crippen molar-refractivity contribution in [1.82, 2.24) is 30.6 Å². The summed E-state index contributed by atoms with van der Waals surface area (Å²) in [7, 11) is 0. The second-order valence-electron chi connectivity index (χ2n) is 7.14. The Balaban J connectivity index is 1.38. The number of tetrazole rings is 1. The van der Waals surface area contributed by atoms with Crippen molar-refractivity contribution in [3.63, 3.8) is 0 Å². The topological polar surface area (TPSA) is 101 Å². The van der Waals surface area contributed by atoms with Crippen molar-refractivity contribution in [1.29, 1.82) is 0 Å². The van der Waals surface area contributed by atoms with E-state index in [9.17, 15) is 4.39 Å². The molecule has 2 N–H and O–H groups in total. The Labute approximate surface area is 181 Å². The van der Waals surface area contributed by atoms with Crippen LogP contribution in [0.3, 0.4) is 0 Å². The Kier molecular flexibility index (Phi) is 5.44. The van der Waals surface area contributed by atoms with Crippen LogP contribution in [-0.2, 0) is 0 Å². The highest BCUT2D eigenvalue weighted by molar-refractivity contribution is 7.99. The van der Waals surface area contributed by atoms with E-state index in [0.29, 0.717) is 29.0 Å². The zero-order chi connectivity index (χ0) is 21.0. The summed E-state index contributed by atoms with van der Waals surface area (Å²) in [5.41, 5.74) is 0.762. The van der Waals surface area contributed by atoms with Gasteiger partial charge in [-0.1, -0.05) is 0 Å². The van der Waals surface area contributed by atoms with Crippen LogP contribution >= 0.6 is 11.8 Å². The third-order valence-corrected chi connectivity index (χ3v) is 5.88. The van der Waals surface area contributed by atoms with Gasteiger partial charge in [-0.25, -0.2) is 19.5 Å². The standard InChI is InChI=1S/C21H18FN7OS/c22-15-4-6-16(7-5-15)30-18-9-17(31-12-13-1-2-13)11-24-21(18)25-19-8-3-14(10-23-19)20-26-28-29-27-20/h3-11,13H,1-2,12H2,(H,23,24,25)(H,26,27,28,29). The number of halogens is 1. The molecule has 0 saturated heterocycles. The highest BCUT2D eigenvalue weighted by atomic mass is 32.2. The van der Waals surface area contributed by atoms with Crippen LogP contribution in [0.1, 0.15) is 12.8 Å². The maximum Gasteiger partial charge on any atom is 0.180 e. The van der Waals surface area contributed by atoms with Crippen molar-refractivity contribution >= 4 is 23.4 Å². The zero-order valence-electron chi connectivity index (χ0n) is 16.3. The lowest BCUT2D eigenvalue weighted by molar-refractivity contribution is 0.479. The zero-order valence-corrected chi connectivity index (χ0v) is 17.1. The Morgan fingerprint density at radius 3 is 2.68 bits per heavy atom. The molecule has 4 aromatic rings. The largest absolute Gasteiger partial charge is 0.453 e. The molecule has 0 radical (unpaired) electrons. The molecule has 0 unspecified atom stereocenters. The van der Waals surface area contributed by atoms with Gasteiger partial charge in [-0.3, -0.25) is 0 Å². The molecule has 1 saturated carbocycles. The number of anilines is 2. The first-order chi connectivity index (χ1) is 15.2. The van der Waals surface area contributed by atoms with E-state index in [-0.39, 0.29) is 5.82 Å².